The Morgan fingerprint density at radius 1 is 1.12 bits per heavy atom. The molecule has 5 nitrogen and oxygen atoms in total. The van der Waals surface area contributed by atoms with E-state index in [9.17, 15) is 0 Å². The molecule has 0 heterocycles. The zero-order chi connectivity index (χ0) is 12.1. The molecule has 0 aliphatic heterocycles. The van der Waals surface area contributed by atoms with E-state index in [1.807, 2.05) is 0 Å². The molecule has 0 fully saturated rings. The van der Waals surface area contributed by atoms with Crippen molar-refractivity contribution < 1.29 is 14.2 Å². The molecule has 0 spiro atoms. The van der Waals surface area contributed by atoms with Gasteiger partial charge >= 0.3 is 0 Å². The first-order chi connectivity index (χ1) is 7.62. The van der Waals surface area contributed by atoms with E-state index in [0.29, 0.717) is 22.9 Å². The van der Waals surface area contributed by atoms with E-state index >= 15 is 0 Å². The number of anilines is 1. The molecule has 0 saturated carbocycles. The topological polar surface area (TPSA) is 65.7 Å². The Morgan fingerprint density at radius 3 is 1.94 bits per heavy atom. The number of rotatable bonds is 4. The lowest BCUT2D eigenvalue weighted by atomic mass is 10.2. The van der Waals surface area contributed by atoms with Crippen LogP contribution in [0.15, 0.2) is 12.1 Å². The Morgan fingerprint density at radius 2 is 1.62 bits per heavy atom. The van der Waals surface area contributed by atoms with Gasteiger partial charge in [0.25, 0.3) is 0 Å². The maximum atomic E-state index is 5.42. The number of hydrogen-bond acceptors (Lipinski definition) is 4. The zero-order valence-corrected chi connectivity index (χ0v) is 10.2. The van der Waals surface area contributed by atoms with Crippen molar-refractivity contribution in [2.24, 2.45) is 5.73 Å². The number of methoxy groups -OCH3 is 3. The van der Waals surface area contributed by atoms with Gasteiger partial charge < -0.3 is 25.3 Å². The quantitative estimate of drug-likeness (QED) is 0.777. The average Bonchev–Trinajstić information content (AvgIpc) is 2.28. The minimum absolute atomic E-state index is 0.141. The third-order valence-corrected chi connectivity index (χ3v) is 2.07. The smallest absolute Gasteiger partial charge is 0.168 e. The fraction of sp³-hybridized carbons (Fsp3) is 0.300. The van der Waals surface area contributed by atoms with Gasteiger partial charge in [0.05, 0.1) is 21.3 Å². The van der Waals surface area contributed by atoms with Gasteiger partial charge in [0.15, 0.2) is 5.11 Å². The van der Waals surface area contributed by atoms with Gasteiger partial charge in [-0.15, -0.1) is 0 Å². The lowest BCUT2D eigenvalue weighted by molar-refractivity contribution is 0.378. The van der Waals surface area contributed by atoms with E-state index in [-0.39, 0.29) is 5.11 Å². The minimum atomic E-state index is 0.141. The highest BCUT2D eigenvalue weighted by molar-refractivity contribution is 7.80. The number of nitrogens with one attached hydrogen (secondary N) is 1. The van der Waals surface area contributed by atoms with Crippen LogP contribution < -0.4 is 25.3 Å². The summed E-state index contributed by atoms with van der Waals surface area (Å²) in [5, 5.41) is 2.94. The first-order valence-corrected chi connectivity index (χ1v) is 4.89. The third kappa shape index (κ3) is 2.66. The molecule has 0 aromatic heterocycles. The van der Waals surface area contributed by atoms with Crippen LogP contribution in [0.25, 0.3) is 0 Å². The molecule has 0 radical (unpaired) electrons. The van der Waals surface area contributed by atoms with Crippen LogP contribution in [0.2, 0.25) is 0 Å². The van der Waals surface area contributed by atoms with Crippen LogP contribution in [0.1, 0.15) is 0 Å². The predicted octanol–water partition coefficient (Wildman–Crippen LogP) is 1.37. The molecule has 1 aromatic rings. The summed E-state index contributed by atoms with van der Waals surface area (Å²) < 4.78 is 15.5. The van der Waals surface area contributed by atoms with Crippen LogP contribution >= 0.6 is 12.2 Å². The molecule has 1 rings (SSSR count). The average molecular weight is 242 g/mol. The highest BCUT2D eigenvalue weighted by Gasteiger charge is 2.13. The molecule has 0 saturated heterocycles. The molecular weight excluding hydrogens is 228 g/mol. The van der Waals surface area contributed by atoms with E-state index < -0.39 is 0 Å². The fourth-order valence-corrected chi connectivity index (χ4v) is 1.35. The van der Waals surface area contributed by atoms with Crippen LogP contribution in [0.3, 0.4) is 0 Å². The summed E-state index contributed by atoms with van der Waals surface area (Å²) in [6.07, 6.45) is 0. The van der Waals surface area contributed by atoms with Crippen LogP contribution in [-0.4, -0.2) is 26.4 Å². The molecule has 3 N–H and O–H groups in total. The number of nitrogens with two attached hydrogens (primary N) is 1. The molecule has 1 aromatic carbocycles. The van der Waals surface area contributed by atoms with Crippen LogP contribution in [0.5, 0.6) is 17.2 Å². The molecule has 0 amide bonds. The number of thiocarbonyl (C=S) groups is 1. The monoisotopic (exact) mass is 242 g/mol. The summed E-state index contributed by atoms with van der Waals surface area (Å²) in [5.74, 6) is 1.72. The van der Waals surface area contributed by atoms with Crippen molar-refractivity contribution in [3.63, 3.8) is 0 Å². The summed E-state index contributed by atoms with van der Waals surface area (Å²) in [6, 6.07) is 3.42. The first kappa shape index (κ1) is 12.4. The fourth-order valence-electron chi connectivity index (χ4n) is 1.25. The van der Waals surface area contributed by atoms with E-state index in [0.717, 1.165) is 0 Å². The van der Waals surface area contributed by atoms with Gasteiger partial charge in [-0.2, -0.15) is 0 Å². The highest BCUT2D eigenvalue weighted by Crippen LogP contribution is 2.38. The Bertz CT molecular complexity index is 371. The summed E-state index contributed by atoms with van der Waals surface area (Å²) >= 11 is 4.78. The summed E-state index contributed by atoms with van der Waals surface area (Å²) in [5.41, 5.74) is 6.00. The van der Waals surface area contributed by atoms with Crippen molar-refractivity contribution in [2.75, 3.05) is 26.6 Å². The van der Waals surface area contributed by atoms with Gasteiger partial charge in [-0.3, -0.25) is 0 Å². The lowest BCUT2D eigenvalue weighted by Gasteiger charge is -2.15. The Labute approximate surface area is 99.5 Å². The second-order valence-electron chi connectivity index (χ2n) is 2.90. The molecule has 0 atom stereocenters. The summed E-state index contributed by atoms with van der Waals surface area (Å²) in [7, 11) is 4.65. The second kappa shape index (κ2) is 5.41. The van der Waals surface area contributed by atoms with Crippen LogP contribution in [0.4, 0.5) is 5.69 Å². The lowest BCUT2D eigenvalue weighted by Crippen LogP contribution is -2.19. The van der Waals surface area contributed by atoms with Crippen molar-refractivity contribution >= 4 is 23.0 Å². The first-order valence-electron chi connectivity index (χ1n) is 4.48. The van der Waals surface area contributed by atoms with Crippen molar-refractivity contribution in [3.05, 3.63) is 12.1 Å². The molecule has 88 valence electrons. The Kier molecular flexibility index (Phi) is 4.19. The van der Waals surface area contributed by atoms with Gasteiger partial charge in [0, 0.05) is 12.1 Å². The summed E-state index contributed by atoms with van der Waals surface area (Å²) in [4.78, 5) is 0. The molecule has 0 aliphatic rings. The van der Waals surface area contributed by atoms with E-state index in [1.165, 1.54) is 0 Å². The molecule has 0 aliphatic carbocycles. The number of benzene rings is 1. The van der Waals surface area contributed by atoms with Crippen LogP contribution in [0, 0.1) is 0 Å². The predicted molar refractivity (Wildman–Crippen MR) is 66.5 cm³/mol. The van der Waals surface area contributed by atoms with E-state index in [2.05, 4.69) is 5.32 Å². The second-order valence-corrected chi connectivity index (χ2v) is 3.34. The molecule has 6 heteroatoms. The van der Waals surface area contributed by atoms with Gasteiger partial charge in [0.1, 0.15) is 22.9 Å². The molecule has 0 unspecified atom stereocenters. The molecular formula is C10H14N2O3S. The Hall–Kier alpha value is -1.69. The molecule has 0 bridgehead atoms. The van der Waals surface area contributed by atoms with Crippen molar-refractivity contribution in [1.29, 1.82) is 0 Å². The largest absolute Gasteiger partial charge is 0.496 e. The molecule has 16 heavy (non-hydrogen) atoms. The van der Waals surface area contributed by atoms with Gasteiger partial charge in [0.2, 0.25) is 0 Å². The number of hydrogen-bond donors (Lipinski definition) is 2. The van der Waals surface area contributed by atoms with Gasteiger partial charge in [-0.05, 0) is 12.2 Å². The summed E-state index contributed by atoms with van der Waals surface area (Å²) in [6.45, 7) is 0. The third-order valence-electron chi connectivity index (χ3n) is 1.96. The normalized spacial score (nSPS) is 9.44. The van der Waals surface area contributed by atoms with E-state index in [1.54, 1.807) is 33.5 Å². The Balaban J connectivity index is 3.25. The SMILES string of the molecule is COc1cc(OC)c(NC(N)=S)c(OC)c1. The maximum absolute atomic E-state index is 5.42. The van der Waals surface area contributed by atoms with Crippen molar-refractivity contribution in [2.45, 2.75) is 0 Å². The van der Waals surface area contributed by atoms with Gasteiger partial charge in [-0.25, -0.2) is 0 Å². The van der Waals surface area contributed by atoms with Crippen molar-refractivity contribution in [1.82, 2.24) is 0 Å². The van der Waals surface area contributed by atoms with Gasteiger partial charge in [-0.1, -0.05) is 0 Å². The number of ether oxygens (including phenoxy) is 3. The standard InChI is InChI=1S/C10H14N2O3S/c1-13-6-4-7(14-2)9(12-10(11)16)8(5-6)15-3/h4-5H,1-3H3,(H3,11,12,16). The van der Waals surface area contributed by atoms with Crippen LogP contribution in [-0.2, 0) is 0 Å². The zero-order valence-electron chi connectivity index (χ0n) is 9.37. The highest BCUT2D eigenvalue weighted by atomic mass is 32.1. The minimum Gasteiger partial charge on any atom is -0.496 e. The van der Waals surface area contributed by atoms with E-state index in [4.69, 9.17) is 32.2 Å². The maximum Gasteiger partial charge on any atom is 0.168 e. The van der Waals surface area contributed by atoms with Crippen molar-refractivity contribution in [3.8, 4) is 17.2 Å².